The predicted molar refractivity (Wildman–Crippen MR) is 64.5 cm³/mol. The van der Waals surface area contributed by atoms with Crippen molar-refractivity contribution in [3.05, 3.63) is 22.9 Å². The van der Waals surface area contributed by atoms with Gasteiger partial charge in [-0.05, 0) is 6.92 Å². The maximum absolute atomic E-state index is 13.1. The van der Waals surface area contributed by atoms with E-state index in [0.29, 0.717) is 6.20 Å². The molecule has 0 aliphatic rings. The zero-order chi connectivity index (χ0) is 17.1. The van der Waals surface area contributed by atoms with Gasteiger partial charge in [-0.1, -0.05) is 15.9 Å². The van der Waals surface area contributed by atoms with E-state index in [9.17, 15) is 31.1 Å². The summed E-state index contributed by atoms with van der Waals surface area (Å²) in [7, 11) is 0. The monoisotopic (exact) mass is 395 g/mol. The quantitative estimate of drug-likeness (QED) is 0.438. The molecule has 1 aromatic rings. The molecular weight excluding hydrogens is 388 g/mol. The number of hydrogen-bond acceptors (Lipinski definition) is 4. The van der Waals surface area contributed by atoms with Crippen molar-refractivity contribution in [2.45, 2.75) is 24.8 Å². The van der Waals surface area contributed by atoms with Gasteiger partial charge < -0.3 is 9.47 Å². The average molecular weight is 396 g/mol. The summed E-state index contributed by atoms with van der Waals surface area (Å²) in [6, 6.07) is 0. The Bertz CT molecular complexity index is 558. The van der Waals surface area contributed by atoms with Crippen molar-refractivity contribution in [3.63, 3.8) is 0 Å². The molecule has 11 heteroatoms. The van der Waals surface area contributed by atoms with Gasteiger partial charge in [-0.3, -0.25) is 0 Å². The molecule has 1 aromatic heterocycles. The molecule has 0 bridgehead atoms. The first kappa shape index (κ1) is 18.5. The van der Waals surface area contributed by atoms with Crippen LogP contribution in [0.5, 0.6) is 5.88 Å². The van der Waals surface area contributed by atoms with Crippen LogP contribution in [0.2, 0.25) is 0 Å². The summed E-state index contributed by atoms with van der Waals surface area (Å²) in [4.78, 5) is 14.7. The van der Waals surface area contributed by atoms with Crippen molar-refractivity contribution in [1.82, 2.24) is 4.98 Å². The smallest absolute Gasteiger partial charge is 0.462 e. The first-order chi connectivity index (χ1) is 10.0. The van der Waals surface area contributed by atoms with Gasteiger partial charge in [0, 0.05) is 17.1 Å². The number of rotatable bonds is 4. The van der Waals surface area contributed by atoms with Gasteiger partial charge in [-0.2, -0.15) is 13.2 Å². The number of ether oxygens (including phenoxy) is 2. The van der Waals surface area contributed by atoms with Crippen LogP contribution in [0.4, 0.5) is 26.3 Å². The fourth-order valence-electron chi connectivity index (χ4n) is 1.54. The molecule has 0 saturated carbocycles. The van der Waals surface area contributed by atoms with E-state index in [1.54, 1.807) is 0 Å². The second kappa shape index (κ2) is 6.71. The summed E-state index contributed by atoms with van der Waals surface area (Å²) in [6.07, 6.45) is -9.98. The van der Waals surface area contributed by atoms with Crippen molar-refractivity contribution in [2.24, 2.45) is 0 Å². The Kier molecular flexibility index (Phi) is 5.65. The highest BCUT2D eigenvalue weighted by Crippen LogP contribution is 2.40. The zero-order valence-electron chi connectivity index (χ0n) is 10.8. The first-order valence-corrected chi connectivity index (χ1v) is 6.71. The van der Waals surface area contributed by atoms with Crippen molar-refractivity contribution in [3.8, 4) is 5.88 Å². The molecule has 0 atom stereocenters. The van der Waals surface area contributed by atoms with E-state index in [2.05, 4.69) is 30.4 Å². The molecule has 0 unspecified atom stereocenters. The highest BCUT2D eigenvalue weighted by atomic mass is 79.9. The van der Waals surface area contributed by atoms with Gasteiger partial charge in [0.05, 0.1) is 17.7 Å². The van der Waals surface area contributed by atoms with Crippen molar-refractivity contribution < 1.29 is 40.6 Å². The van der Waals surface area contributed by atoms with Gasteiger partial charge in [0.15, 0.2) is 0 Å². The van der Waals surface area contributed by atoms with Crippen LogP contribution in [-0.4, -0.2) is 23.9 Å². The lowest BCUT2D eigenvalue weighted by Gasteiger charge is -2.18. The zero-order valence-corrected chi connectivity index (χ0v) is 12.4. The van der Waals surface area contributed by atoms with E-state index >= 15 is 0 Å². The van der Waals surface area contributed by atoms with Gasteiger partial charge in [0.2, 0.25) is 5.88 Å². The van der Waals surface area contributed by atoms with E-state index in [1.807, 2.05) is 0 Å². The molecule has 0 radical (unpaired) electrons. The molecule has 0 aliphatic carbocycles. The van der Waals surface area contributed by atoms with Gasteiger partial charge >= 0.3 is 18.5 Å². The first-order valence-electron chi connectivity index (χ1n) is 5.59. The van der Waals surface area contributed by atoms with Crippen LogP contribution in [0.1, 0.15) is 28.4 Å². The lowest BCUT2D eigenvalue weighted by atomic mass is 10.0. The molecule has 0 fully saturated rings. The van der Waals surface area contributed by atoms with Crippen molar-refractivity contribution in [1.29, 1.82) is 0 Å². The summed E-state index contributed by atoms with van der Waals surface area (Å²) >= 11 is 2.64. The Balaban J connectivity index is 3.54. The van der Waals surface area contributed by atoms with Gasteiger partial charge in [0.1, 0.15) is 0 Å². The fourth-order valence-corrected chi connectivity index (χ4v) is 2.06. The van der Waals surface area contributed by atoms with E-state index in [-0.39, 0.29) is 6.61 Å². The summed E-state index contributed by atoms with van der Waals surface area (Å²) < 4.78 is 83.9. The minimum atomic E-state index is -5.22. The number of aromatic nitrogens is 1. The van der Waals surface area contributed by atoms with Crippen LogP contribution >= 0.6 is 15.9 Å². The largest absolute Gasteiger partial charge is 0.574 e. The van der Waals surface area contributed by atoms with Gasteiger partial charge in [0.25, 0.3) is 0 Å². The van der Waals surface area contributed by atoms with E-state index < -0.39 is 46.4 Å². The molecule has 0 N–H and O–H groups in total. The molecule has 0 amide bonds. The Morgan fingerprint density at radius 3 is 2.27 bits per heavy atom. The molecule has 0 saturated heterocycles. The number of halogens is 7. The van der Waals surface area contributed by atoms with Crippen LogP contribution in [0.3, 0.4) is 0 Å². The molecule has 0 aromatic carbocycles. The van der Waals surface area contributed by atoms with Crippen molar-refractivity contribution >= 4 is 21.9 Å². The standard InChI is InChI=1S/C11H8BrF6NO3/c1-2-21-9(20)6-4-19-8(22-11(16,17)18)5(3-12)7(6)10(13,14)15/h4H,2-3H2,1H3. The summed E-state index contributed by atoms with van der Waals surface area (Å²) in [5.74, 6) is -2.63. The summed E-state index contributed by atoms with van der Waals surface area (Å²) in [6.45, 7) is 1.16. The highest BCUT2D eigenvalue weighted by molar-refractivity contribution is 9.08. The Morgan fingerprint density at radius 1 is 1.27 bits per heavy atom. The molecular formula is C11H8BrF6NO3. The molecule has 22 heavy (non-hydrogen) atoms. The van der Waals surface area contributed by atoms with Crippen molar-refractivity contribution in [2.75, 3.05) is 6.61 Å². The minimum absolute atomic E-state index is 0.208. The number of nitrogens with zero attached hydrogens (tertiary/aromatic N) is 1. The predicted octanol–water partition coefficient (Wildman–Crippen LogP) is 4.07. The Hall–Kier alpha value is -1.52. The Labute approximate surface area is 128 Å². The lowest BCUT2D eigenvalue weighted by Crippen LogP contribution is -2.23. The minimum Gasteiger partial charge on any atom is -0.462 e. The number of carbonyl (C=O) groups excluding carboxylic acids is 1. The fraction of sp³-hybridized carbons (Fsp3) is 0.455. The van der Waals surface area contributed by atoms with E-state index in [1.165, 1.54) is 6.92 Å². The second-order valence-electron chi connectivity index (χ2n) is 3.73. The number of hydrogen-bond donors (Lipinski definition) is 0. The molecule has 0 spiro atoms. The molecule has 0 aliphatic heterocycles. The summed E-state index contributed by atoms with van der Waals surface area (Å²) in [5.41, 5.74) is -3.52. The number of pyridine rings is 1. The molecule has 1 rings (SSSR count). The van der Waals surface area contributed by atoms with E-state index in [0.717, 1.165) is 0 Å². The average Bonchev–Trinajstić information content (AvgIpc) is 2.35. The van der Waals surface area contributed by atoms with Gasteiger partial charge in [-0.25, -0.2) is 9.78 Å². The Morgan fingerprint density at radius 2 is 1.86 bits per heavy atom. The van der Waals surface area contributed by atoms with Crippen LogP contribution in [0.25, 0.3) is 0 Å². The SMILES string of the molecule is CCOC(=O)c1cnc(OC(F)(F)F)c(CBr)c1C(F)(F)F. The molecule has 1 heterocycles. The maximum Gasteiger partial charge on any atom is 0.574 e. The third-order valence-corrected chi connectivity index (χ3v) is 2.83. The van der Waals surface area contributed by atoms with Crippen LogP contribution in [-0.2, 0) is 16.2 Å². The van der Waals surface area contributed by atoms with Crippen LogP contribution in [0, 0.1) is 0 Å². The third kappa shape index (κ3) is 4.49. The lowest BCUT2D eigenvalue weighted by molar-refractivity contribution is -0.276. The number of carbonyl (C=O) groups is 1. The van der Waals surface area contributed by atoms with Gasteiger partial charge in [-0.15, -0.1) is 13.2 Å². The highest BCUT2D eigenvalue weighted by Gasteiger charge is 2.42. The van der Waals surface area contributed by atoms with Crippen LogP contribution < -0.4 is 4.74 Å². The maximum atomic E-state index is 13.1. The number of esters is 1. The third-order valence-electron chi connectivity index (χ3n) is 2.27. The van der Waals surface area contributed by atoms with Crippen LogP contribution in [0.15, 0.2) is 6.20 Å². The number of alkyl halides is 7. The topological polar surface area (TPSA) is 48.4 Å². The molecule has 4 nitrogen and oxygen atoms in total. The normalized spacial score (nSPS) is 12.2. The second-order valence-corrected chi connectivity index (χ2v) is 4.29. The summed E-state index contributed by atoms with van der Waals surface area (Å²) in [5, 5.41) is -0.659. The molecule has 124 valence electrons. The van der Waals surface area contributed by atoms with E-state index in [4.69, 9.17) is 0 Å².